The number of phenols is 1. The van der Waals surface area contributed by atoms with Crippen LogP contribution in [0.15, 0.2) is 65.0 Å². The Labute approximate surface area is 188 Å². The summed E-state index contributed by atoms with van der Waals surface area (Å²) >= 11 is 0. The Morgan fingerprint density at radius 1 is 1.19 bits per heavy atom. The molecule has 1 aliphatic carbocycles. The minimum absolute atomic E-state index is 0.0281. The molecule has 0 aromatic heterocycles. The van der Waals surface area contributed by atoms with E-state index in [4.69, 9.17) is 4.74 Å². The van der Waals surface area contributed by atoms with Gasteiger partial charge >= 0.3 is 0 Å². The summed E-state index contributed by atoms with van der Waals surface area (Å²) in [6, 6.07) is 12.6. The number of ketones is 1. The fraction of sp³-hybridized carbons (Fsp3) is 0.308. The third-order valence-electron chi connectivity index (χ3n) is 6.03. The maximum absolute atomic E-state index is 13.5. The second kappa shape index (κ2) is 8.91. The Morgan fingerprint density at radius 2 is 1.97 bits per heavy atom. The molecular weight excluding hydrogens is 404 g/mol. The lowest BCUT2D eigenvalue weighted by atomic mass is 9.75. The first-order valence-electron chi connectivity index (χ1n) is 11.0. The largest absolute Gasteiger partial charge is 0.504 e. The number of anilines is 1. The molecule has 2 aromatic carbocycles. The molecule has 1 amide bonds. The van der Waals surface area contributed by atoms with Gasteiger partial charge < -0.3 is 20.5 Å². The zero-order chi connectivity index (χ0) is 22.8. The van der Waals surface area contributed by atoms with Crippen LogP contribution in [0.4, 0.5) is 5.69 Å². The fourth-order valence-corrected chi connectivity index (χ4v) is 4.50. The number of amides is 1. The lowest BCUT2D eigenvalue weighted by Crippen LogP contribution is -2.35. The zero-order valence-electron chi connectivity index (χ0n) is 18.6. The van der Waals surface area contributed by atoms with E-state index in [1.165, 1.54) is 0 Å². The SMILES string of the molecule is CCOc1cc(C2C(C(=O)Nc3ccccc3C)=C(C)NC3=C2C(=O)CCC3)ccc1O. The number of hydrogen-bond donors (Lipinski definition) is 3. The normalized spacial score (nSPS) is 18.2. The molecule has 0 radical (unpaired) electrons. The number of allylic oxidation sites excluding steroid dienone is 3. The highest BCUT2D eigenvalue weighted by atomic mass is 16.5. The minimum Gasteiger partial charge on any atom is -0.504 e. The van der Waals surface area contributed by atoms with E-state index in [1.807, 2.05) is 45.0 Å². The van der Waals surface area contributed by atoms with E-state index in [-0.39, 0.29) is 17.4 Å². The van der Waals surface area contributed by atoms with Gasteiger partial charge in [-0.25, -0.2) is 0 Å². The van der Waals surface area contributed by atoms with Gasteiger partial charge in [0.15, 0.2) is 17.3 Å². The molecule has 2 aliphatic rings. The molecule has 4 rings (SSSR count). The summed E-state index contributed by atoms with van der Waals surface area (Å²) in [6.45, 7) is 6.04. The van der Waals surface area contributed by atoms with E-state index in [0.29, 0.717) is 29.9 Å². The van der Waals surface area contributed by atoms with Gasteiger partial charge in [-0.3, -0.25) is 9.59 Å². The van der Waals surface area contributed by atoms with Gasteiger partial charge in [-0.05, 0) is 62.9 Å². The van der Waals surface area contributed by atoms with Crippen molar-refractivity contribution in [3.05, 3.63) is 76.1 Å². The summed E-state index contributed by atoms with van der Waals surface area (Å²) in [7, 11) is 0. The fourth-order valence-electron chi connectivity index (χ4n) is 4.50. The highest BCUT2D eigenvalue weighted by Crippen LogP contribution is 2.44. The van der Waals surface area contributed by atoms with Crippen molar-refractivity contribution >= 4 is 17.4 Å². The van der Waals surface area contributed by atoms with Gasteiger partial charge in [0.2, 0.25) is 0 Å². The van der Waals surface area contributed by atoms with Crippen molar-refractivity contribution in [2.45, 2.75) is 46.0 Å². The van der Waals surface area contributed by atoms with Crippen molar-refractivity contribution in [3.8, 4) is 11.5 Å². The lowest BCUT2D eigenvalue weighted by Gasteiger charge is -2.34. The Morgan fingerprint density at radius 3 is 2.72 bits per heavy atom. The topological polar surface area (TPSA) is 87.7 Å². The van der Waals surface area contributed by atoms with E-state index < -0.39 is 5.92 Å². The smallest absolute Gasteiger partial charge is 0.254 e. The van der Waals surface area contributed by atoms with E-state index in [1.54, 1.807) is 18.2 Å². The number of benzene rings is 2. The highest BCUT2D eigenvalue weighted by molar-refractivity contribution is 6.10. The number of nitrogens with one attached hydrogen (secondary N) is 2. The van der Waals surface area contributed by atoms with E-state index >= 15 is 0 Å². The number of ether oxygens (including phenoxy) is 1. The van der Waals surface area contributed by atoms with Crippen molar-refractivity contribution in [3.63, 3.8) is 0 Å². The van der Waals surface area contributed by atoms with Crippen LogP contribution in [0, 0.1) is 6.92 Å². The molecule has 0 saturated heterocycles. The number of Topliss-reactive ketones (excluding diaryl/α,β-unsaturated/α-hetero) is 1. The highest BCUT2D eigenvalue weighted by Gasteiger charge is 2.38. The second-order valence-corrected chi connectivity index (χ2v) is 8.19. The molecule has 2 aromatic rings. The number of dihydropyridines is 1. The lowest BCUT2D eigenvalue weighted by molar-refractivity contribution is -0.116. The van der Waals surface area contributed by atoms with Crippen LogP contribution in [-0.4, -0.2) is 23.4 Å². The third-order valence-corrected chi connectivity index (χ3v) is 6.03. The molecule has 0 fully saturated rings. The molecule has 1 unspecified atom stereocenters. The van der Waals surface area contributed by atoms with Crippen LogP contribution in [0.3, 0.4) is 0 Å². The molecule has 0 spiro atoms. The third kappa shape index (κ3) is 4.00. The maximum atomic E-state index is 13.5. The van der Waals surface area contributed by atoms with Gasteiger partial charge in [0.05, 0.1) is 6.61 Å². The van der Waals surface area contributed by atoms with Crippen molar-refractivity contribution < 1.29 is 19.4 Å². The standard InChI is InChI=1S/C26H28N2O4/c1-4-32-22-14-17(12-13-20(22)29)24-23(26(31)28-18-9-6-5-8-15(18)2)16(3)27-19-10-7-11-21(30)25(19)24/h5-6,8-9,12-14,24,27,29H,4,7,10-11H2,1-3H3,(H,28,31). The van der Waals surface area contributed by atoms with Gasteiger partial charge in [0.1, 0.15) is 0 Å². The van der Waals surface area contributed by atoms with Crippen molar-refractivity contribution in [1.29, 1.82) is 0 Å². The molecule has 1 atom stereocenters. The number of aryl methyl sites for hydroxylation is 1. The van der Waals surface area contributed by atoms with Gasteiger partial charge in [0.25, 0.3) is 5.91 Å². The van der Waals surface area contributed by atoms with E-state index in [9.17, 15) is 14.7 Å². The van der Waals surface area contributed by atoms with Crippen molar-refractivity contribution in [1.82, 2.24) is 5.32 Å². The van der Waals surface area contributed by atoms with Crippen molar-refractivity contribution in [2.75, 3.05) is 11.9 Å². The number of rotatable bonds is 5. The summed E-state index contributed by atoms with van der Waals surface area (Å²) in [5, 5.41) is 16.5. The van der Waals surface area contributed by atoms with E-state index in [0.717, 1.165) is 41.1 Å². The van der Waals surface area contributed by atoms with Gasteiger partial charge in [0, 0.05) is 40.6 Å². The Hall–Kier alpha value is -3.54. The Bertz CT molecular complexity index is 1150. The summed E-state index contributed by atoms with van der Waals surface area (Å²) in [6.07, 6.45) is 2.01. The summed E-state index contributed by atoms with van der Waals surface area (Å²) in [4.78, 5) is 26.6. The summed E-state index contributed by atoms with van der Waals surface area (Å²) in [5.74, 6) is -0.387. The molecule has 3 N–H and O–H groups in total. The molecule has 32 heavy (non-hydrogen) atoms. The molecule has 166 valence electrons. The van der Waals surface area contributed by atoms with Crippen LogP contribution < -0.4 is 15.4 Å². The second-order valence-electron chi connectivity index (χ2n) is 8.19. The van der Waals surface area contributed by atoms with Crippen LogP contribution in [0.5, 0.6) is 11.5 Å². The number of aromatic hydroxyl groups is 1. The molecule has 0 saturated carbocycles. The number of carbonyl (C=O) groups excluding carboxylic acids is 2. The Balaban J connectivity index is 1.82. The molecule has 6 heteroatoms. The average Bonchev–Trinajstić information content (AvgIpc) is 2.76. The molecule has 1 heterocycles. The quantitative estimate of drug-likeness (QED) is 0.637. The zero-order valence-corrected chi connectivity index (χ0v) is 18.6. The predicted molar refractivity (Wildman–Crippen MR) is 124 cm³/mol. The number of hydrogen-bond acceptors (Lipinski definition) is 5. The number of phenolic OH excluding ortho intramolecular Hbond substituents is 1. The molecule has 0 bridgehead atoms. The van der Waals surface area contributed by atoms with Crippen LogP contribution >= 0.6 is 0 Å². The summed E-state index contributed by atoms with van der Waals surface area (Å²) in [5.41, 5.74) is 5.15. The van der Waals surface area contributed by atoms with E-state index in [2.05, 4.69) is 10.6 Å². The van der Waals surface area contributed by atoms with Crippen LogP contribution in [-0.2, 0) is 9.59 Å². The first-order valence-corrected chi connectivity index (χ1v) is 11.0. The maximum Gasteiger partial charge on any atom is 0.254 e. The first-order chi connectivity index (χ1) is 15.4. The predicted octanol–water partition coefficient (Wildman–Crippen LogP) is 4.71. The van der Waals surface area contributed by atoms with Gasteiger partial charge in [-0.2, -0.15) is 0 Å². The van der Waals surface area contributed by atoms with Gasteiger partial charge in [-0.1, -0.05) is 24.3 Å². The number of carbonyl (C=O) groups is 2. The van der Waals surface area contributed by atoms with Crippen LogP contribution in [0.25, 0.3) is 0 Å². The summed E-state index contributed by atoms with van der Waals surface area (Å²) < 4.78 is 5.58. The van der Waals surface area contributed by atoms with Crippen LogP contribution in [0.2, 0.25) is 0 Å². The molecule has 1 aliphatic heterocycles. The average molecular weight is 433 g/mol. The van der Waals surface area contributed by atoms with Gasteiger partial charge in [-0.15, -0.1) is 0 Å². The van der Waals surface area contributed by atoms with Crippen LogP contribution in [0.1, 0.15) is 50.2 Å². The van der Waals surface area contributed by atoms with Crippen molar-refractivity contribution in [2.24, 2.45) is 0 Å². The minimum atomic E-state index is -0.539. The molecular formula is C26H28N2O4. The first kappa shape index (κ1) is 21.7. The Kier molecular flexibility index (Phi) is 6.04. The number of para-hydroxylation sites is 1. The molecule has 6 nitrogen and oxygen atoms in total. The monoisotopic (exact) mass is 432 g/mol.